The molecule has 1 unspecified atom stereocenters. The van der Waals surface area contributed by atoms with Crippen molar-refractivity contribution in [3.05, 3.63) is 22.7 Å². The number of aryl methyl sites for hydroxylation is 1. The van der Waals surface area contributed by atoms with E-state index in [-0.39, 0.29) is 22.3 Å². The summed E-state index contributed by atoms with van der Waals surface area (Å²) < 4.78 is 5.04. The second-order valence-corrected chi connectivity index (χ2v) is 5.96. The molecule has 0 aliphatic carbocycles. The van der Waals surface area contributed by atoms with Crippen LogP contribution in [0.5, 0.6) is 11.5 Å². The predicted octanol–water partition coefficient (Wildman–Crippen LogP) is 3.39. The van der Waals surface area contributed by atoms with Gasteiger partial charge in [-0.1, -0.05) is 32.4 Å². The number of halogens is 1. The number of phenolic OH excluding ortho intramolecular Hbond substituents is 1. The van der Waals surface area contributed by atoms with Crippen LogP contribution in [-0.2, 0) is 6.42 Å². The van der Waals surface area contributed by atoms with Crippen LogP contribution in [0.25, 0.3) is 0 Å². The average Bonchev–Trinajstić information content (AvgIpc) is 2.28. The molecule has 0 amide bonds. The van der Waals surface area contributed by atoms with Gasteiger partial charge in [0.2, 0.25) is 0 Å². The highest BCUT2D eigenvalue weighted by Crippen LogP contribution is 2.35. The van der Waals surface area contributed by atoms with E-state index >= 15 is 0 Å². The van der Waals surface area contributed by atoms with Gasteiger partial charge in [-0.05, 0) is 36.0 Å². The molecule has 0 fully saturated rings. The molecule has 1 atom stereocenters. The van der Waals surface area contributed by atoms with Gasteiger partial charge >= 0.3 is 0 Å². The van der Waals surface area contributed by atoms with Gasteiger partial charge < -0.3 is 14.9 Å². The number of ether oxygens (including phenoxy) is 1. The lowest BCUT2D eigenvalue weighted by Gasteiger charge is -2.25. The third kappa shape index (κ3) is 3.79. The fraction of sp³-hybridized carbons (Fsp3) is 0.571. The van der Waals surface area contributed by atoms with Gasteiger partial charge in [-0.2, -0.15) is 0 Å². The van der Waals surface area contributed by atoms with Gasteiger partial charge in [0.05, 0.1) is 18.2 Å². The Hall–Kier alpha value is -0.930. The number of aromatic hydroxyl groups is 1. The molecular formula is C14H21ClO3. The lowest BCUT2D eigenvalue weighted by Crippen LogP contribution is -2.26. The van der Waals surface area contributed by atoms with Gasteiger partial charge in [-0.25, -0.2) is 0 Å². The molecule has 102 valence electrons. The van der Waals surface area contributed by atoms with Crippen molar-refractivity contribution in [3.63, 3.8) is 0 Å². The zero-order chi connectivity index (χ0) is 13.9. The van der Waals surface area contributed by atoms with Crippen molar-refractivity contribution in [1.29, 1.82) is 0 Å². The van der Waals surface area contributed by atoms with E-state index < -0.39 is 0 Å². The molecular weight excluding hydrogens is 252 g/mol. The van der Waals surface area contributed by atoms with Gasteiger partial charge in [0.25, 0.3) is 0 Å². The van der Waals surface area contributed by atoms with Crippen LogP contribution in [0.1, 0.15) is 32.8 Å². The molecule has 0 spiro atoms. The summed E-state index contributed by atoms with van der Waals surface area (Å²) in [7, 11) is 1.49. The first kappa shape index (κ1) is 15.1. The van der Waals surface area contributed by atoms with E-state index in [9.17, 15) is 10.2 Å². The largest absolute Gasteiger partial charge is 0.503 e. The number of aliphatic hydroxyl groups excluding tert-OH is 1. The molecule has 1 rings (SSSR count). The van der Waals surface area contributed by atoms with Crippen LogP contribution in [0, 0.1) is 5.41 Å². The fourth-order valence-electron chi connectivity index (χ4n) is 1.66. The van der Waals surface area contributed by atoms with Crippen molar-refractivity contribution < 1.29 is 14.9 Å². The Bertz CT molecular complexity index is 410. The third-order valence-electron chi connectivity index (χ3n) is 3.01. The van der Waals surface area contributed by atoms with Gasteiger partial charge in [0, 0.05) is 0 Å². The summed E-state index contributed by atoms with van der Waals surface area (Å²) in [6.07, 6.45) is 0.957. The Morgan fingerprint density at radius 2 is 1.94 bits per heavy atom. The monoisotopic (exact) mass is 272 g/mol. The Labute approximate surface area is 113 Å². The van der Waals surface area contributed by atoms with Crippen molar-refractivity contribution in [3.8, 4) is 11.5 Å². The molecule has 0 aliphatic rings. The third-order valence-corrected chi connectivity index (χ3v) is 3.30. The maximum atomic E-state index is 9.98. The van der Waals surface area contributed by atoms with Crippen molar-refractivity contribution in [2.45, 2.75) is 39.7 Å². The highest BCUT2D eigenvalue weighted by atomic mass is 35.5. The number of phenols is 1. The maximum absolute atomic E-state index is 9.98. The van der Waals surface area contributed by atoms with Crippen LogP contribution in [0.3, 0.4) is 0 Å². The minimum Gasteiger partial charge on any atom is -0.503 e. The Morgan fingerprint density at radius 1 is 1.33 bits per heavy atom. The minimum atomic E-state index is -0.379. The Morgan fingerprint density at radius 3 is 2.44 bits per heavy atom. The van der Waals surface area contributed by atoms with Crippen LogP contribution >= 0.6 is 11.6 Å². The SMILES string of the molecule is COc1cc(CCC(O)C(C)(C)C)cc(Cl)c1O. The van der Waals surface area contributed by atoms with Gasteiger partial charge in [-0.3, -0.25) is 0 Å². The summed E-state index contributed by atoms with van der Waals surface area (Å²) in [6, 6.07) is 3.45. The zero-order valence-electron chi connectivity index (χ0n) is 11.3. The molecule has 0 saturated heterocycles. The summed E-state index contributed by atoms with van der Waals surface area (Å²) in [6.45, 7) is 6.01. The summed E-state index contributed by atoms with van der Waals surface area (Å²) in [4.78, 5) is 0. The second-order valence-electron chi connectivity index (χ2n) is 5.55. The number of aliphatic hydroxyl groups is 1. The van der Waals surface area contributed by atoms with Gasteiger partial charge in [0.15, 0.2) is 11.5 Å². The molecule has 0 bridgehead atoms. The average molecular weight is 273 g/mol. The summed E-state index contributed by atoms with van der Waals surface area (Å²) >= 11 is 5.91. The van der Waals surface area contributed by atoms with Crippen molar-refractivity contribution >= 4 is 11.6 Å². The number of methoxy groups -OCH3 is 1. The number of rotatable bonds is 4. The van der Waals surface area contributed by atoms with E-state index in [4.69, 9.17) is 16.3 Å². The lowest BCUT2D eigenvalue weighted by molar-refractivity contribution is 0.0560. The summed E-state index contributed by atoms with van der Waals surface area (Å²) in [5.41, 5.74) is 0.808. The van der Waals surface area contributed by atoms with E-state index in [0.717, 1.165) is 5.56 Å². The van der Waals surface area contributed by atoms with Crippen molar-refractivity contribution in [2.24, 2.45) is 5.41 Å². The van der Waals surface area contributed by atoms with Crippen LogP contribution in [0.15, 0.2) is 12.1 Å². The molecule has 4 heteroatoms. The fourth-order valence-corrected chi connectivity index (χ4v) is 1.90. The van der Waals surface area contributed by atoms with E-state index in [1.165, 1.54) is 7.11 Å². The highest BCUT2D eigenvalue weighted by Gasteiger charge is 2.21. The second kappa shape index (κ2) is 5.81. The van der Waals surface area contributed by atoms with E-state index in [2.05, 4.69) is 0 Å². The first-order chi connectivity index (χ1) is 8.25. The molecule has 0 aromatic heterocycles. The van der Waals surface area contributed by atoms with E-state index in [1.54, 1.807) is 12.1 Å². The summed E-state index contributed by atoms with van der Waals surface area (Å²) in [5, 5.41) is 19.9. The Balaban J connectivity index is 2.77. The molecule has 1 aromatic rings. The van der Waals surface area contributed by atoms with Crippen LogP contribution < -0.4 is 4.74 Å². The molecule has 0 heterocycles. The molecule has 18 heavy (non-hydrogen) atoms. The van der Waals surface area contributed by atoms with Gasteiger partial charge in [0.1, 0.15) is 0 Å². The summed E-state index contributed by atoms with van der Waals surface area (Å²) in [5.74, 6) is 0.321. The first-order valence-electron chi connectivity index (χ1n) is 5.99. The van der Waals surface area contributed by atoms with Gasteiger partial charge in [-0.15, -0.1) is 0 Å². The van der Waals surface area contributed by atoms with Crippen molar-refractivity contribution in [2.75, 3.05) is 7.11 Å². The zero-order valence-corrected chi connectivity index (χ0v) is 12.1. The lowest BCUT2D eigenvalue weighted by atomic mass is 9.86. The van der Waals surface area contributed by atoms with Crippen LogP contribution in [0.2, 0.25) is 5.02 Å². The topological polar surface area (TPSA) is 49.7 Å². The molecule has 0 saturated carbocycles. The molecule has 0 radical (unpaired) electrons. The minimum absolute atomic E-state index is 0.0423. The molecule has 2 N–H and O–H groups in total. The maximum Gasteiger partial charge on any atom is 0.176 e. The predicted molar refractivity (Wildman–Crippen MR) is 73.5 cm³/mol. The highest BCUT2D eigenvalue weighted by molar-refractivity contribution is 6.32. The van der Waals surface area contributed by atoms with Crippen molar-refractivity contribution in [1.82, 2.24) is 0 Å². The van der Waals surface area contributed by atoms with Crippen LogP contribution in [0.4, 0.5) is 0 Å². The standard InChI is InChI=1S/C14H21ClO3/c1-14(2,3)12(16)6-5-9-7-10(15)13(17)11(8-9)18-4/h7-8,12,16-17H,5-6H2,1-4H3. The van der Waals surface area contributed by atoms with E-state index in [1.807, 2.05) is 20.8 Å². The number of benzene rings is 1. The number of hydrogen-bond acceptors (Lipinski definition) is 3. The van der Waals surface area contributed by atoms with E-state index in [0.29, 0.717) is 18.6 Å². The molecule has 3 nitrogen and oxygen atoms in total. The number of hydrogen-bond donors (Lipinski definition) is 2. The smallest absolute Gasteiger partial charge is 0.176 e. The quantitative estimate of drug-likeness (QED) is 0.883. The molecule has 0 aliphatic heterocycles. The molecule has 1 aromatic carbocycles. The Kier molecular flexibility index (Phi) is 4.88. The van der Waals surface area contributed by atoms with Crippen LogP contribution in [-0.4, -0.2) is 23.4 Å². The first-order valence-corrected chi connectivity index (χ1v) is 6.37. The normalized spacial score (nSPS) is 13.4.